The van der Waals surface area contributed by atoms with Gasteiger partial charge in [-0.2, -0.15) is 0 Å². The molecule has 0 bridgehead atoms. The second kappa shape index (κ2) is 6.38. The average Bonchev–Trinajstić information content (AvgIpc) is 3.07. The molecule has 3 heteroatoms. The molecule has 3 unspecified atom stereocenters. The number of hydrogen-bond donors (Lipinski definition) is 1. The fourth-order valence-corrected chi connectivity index (χ4v) is 4.60. The van der Waals surface area contributed by atoms with Crippen molar-refractivity contribution in [2.24, 2.45) is 5.92 Å². The van der Waals surface area contributed by atoms with Gasteiger partial charge in [-0.15, -0.1) is 11.3 Å². The Bertz CT molecular complexity index is 376. The van der Waals surface area contributed by atoms with Gasteiger partial charge in [0.2, 0.25) is 0 Å². The summed E-state index contributed by atoms with van der Waals surface area (Å²) in [4.78, 5) is 4.23. The maximum atomic E-state index is 3.63. The minimum absolute atomic E-state index is 0.688. The highest BCUT2D eigenvalue weighted by Gasteiger charge is 2.37. The molecule has 1 saturated carbocycles. The molecule has 3 atom stereocenters. The molecule has 1 N–H and O–H groups in total. The van der Waals surface area contributed by atoms with E-state index >= 15 is 0 Å². The zero-order valence-corrected chi connectivity index (χ0v) is 12.8. The molecule has 1 aromatic rings. The molecule has 1 aromatic heterocycles. The van der Waals surface area contributed by atoms with E-state index in [1.165, 1.54) is 43.5 Å². The van der Waals surface area contributed by atoms with Crippen LogP contribution < -0.4 is 5.32 Å². The molecular formula is C16H26N2S. The molecule has 0 amide bonds. The third kappa shape index (κ3) is 3.21. The van der Waals surface area contributed by atoms with Crippen molar-refractivity contribution in [3.05, 3.63) is 22.4 Å². The Labute approximate surface area is 121 Å². The lowest BCUT2D eigenvalue weighted by molar-refractivity contribution is 0.139. The van der Waals surface area contributed by atoms with Crippen molar-refractivity contribution in [2.75, 3.05) is 13.1 Å². The van der Waals surface area contributed by atoms with E-state index in [9.17, 15) is 0 Å². The van der Waals surface area contributed by atoms with Gasteiger partial charge in [0.25, 0.3) is 0 Å². The monoisotopic (exact) mass is 278 g/mol. The first kappa shape index (κ1) is 13.6. The number of hydrogen-bond acceptors (Lipinski definition) is 3. The smallest absolute Gasteiger partial charge is 0.0300 e. The lowest BCUT2D eigenvalue weighted by Crippen LogP contribution is -2.45. The van der Waals surface area contributed by atoms with Crippen LogP contribution in [0.25, 0.3) is 0 Å². The van der Waals surface area contributed by atoms with Gasteiger partial charge in [-0.1, -0.05) is 18.9 Å². The predicted molar refractivity (Wildman–Crippen MR) is 82.6 cm³/mol. The summed E-state index contributed by atoms with van der Waals surface area (Å²) in [6.45, 7) is 5.89. The van der Waals surface area contributed by atoms with Crippen molar-refractivity contribution in [2.45, 2.75) is 57.7 Å². The van der Waals surface area contributed by atoms with Crippen molar-refractivity contribution in [3.8, 4) is 0 Å². The van der Waals surface area contributed by atoms with Crippen molar-refractivity contribution in [3.63, 3.8) is 0 Å². The van der Waals surface area contributed by atoms with Crippen LogP contribution in [0.5, 0.6) is 0 Å². The summed E-state index contributed by atoms with van der Waals surface area (Å²) >= 11 is 1.85. The molecule has 1 aliphatic carbocycles. The van der Waals surface area contributed by atoms with Gasteiger partial charge in [0.05, 0.1) is 0 Å². The SMILES string of the molecule is CC(CNCc1cccs1)N1CCC2CCCCC21. The van der Waals surface area contributed by atoms with Crippen LogP contribution in [0.3, 0.4) is 0 Å². The zero-order chi connectivity index (χ0) is 13.1. The molecule has 1 saturated heterocycles. The van der Waals surface area contributed by atoms with Crippen LogP contribution in [0.1, 0.15) is 43.9 Å². The largest absolute Gasteiger partial charge is 0.310 e. The molecule has 2 aliphatic rings. The fourth-order valence-electron chi connectivity index (χ4n) is 3.92. The number of rotatable bonds is 5. The summed E-state index contributed by atoms with van der Waals surface area (Å²) in [5.74, 6) is 1.01. The molecule has 2 nitrogen and oxygen atoms in total. The Morgan fingerprint density at radius 3 is 3.11 bits per heavy atom. The highest BCUT2D eigenvalue weighted by Crippen LogP contribution is 2.36. The van der Waals surface area contributed by atoms with Crippen LogP contribution in [0.2, 0.25) is 0 Å². The average molecular weight is 278 g/mol. The van der Waals surface area contributed by atoms with E-state index in [4.69, 9.17) is 0 Å². The van der Waals surface area contributed by atoms with Crippen molar-refractivity contribution in [1.29, 1.82) is 0 Å². The van der Waals surface area contributed by atoms with E-state index in [-0.39, 0.29) is 0 Å². The van der Waals surface area contributed by atoms with Crippen LogP contribution >= 0.6 is 11.3 Å². The Hall–Kier alpha value is -0.380. The summed E-state index contributed by atoms with van der Waals surface area (Å²) in [6, 6.07) is 5.94. The summed E-state index contributed by atoms with van der Waals surface area (Å²) < 4.78 is 0. The Balaban J connectivity index is 1.46. The second-order valence-electron chi connectivity index (χ2n) is 6.20. The van der Waals surface area contributed by atoms with E-state index in [1.54, 1.807) is 0 Å². The van der Waals surface area contributed by atoms with E-state index in [0.29, 0.717) is 6.04 Å². The standard InChI is InChI=1S/C16H26N2S/c1-13(11-17-12-15-6-4-10-19-15)18-9-8-14-5-2-3-7-16(14)18/h4,6,10,13-14,16-17H,2-3,5,7-9,11-12H2,1H3. The topological polar surface area (TPSA) is 15.3 Å². The molecular weight excluding hydrogens is 252 g/mol. The first-order valence-corrected chi connectivity index (χ1v) is 8.71. The van der Waals surface area contributed by atoms with Gasteiger partial charge in [-0.05, 0) is 50.1 Å². The maximum absolute atomic E-state index is 3.63. The van der Waals surface area contributed by atoms with Gasteiger partial charge in [0.15, 0.2) is 0 Å². The first-order chi connectivity index (χ1) is 9.34. The van der Waals surface area contributed by atoms with Crippen LogP contribution in [0, 0.1) is 5.92 Å². The lowest BCUT2D eigenvalue weighted by atomic mass is 9.85. The summed E-state index contributed by atoms with van der Waals surface area (Å²) in [7, 11) is 0. The fraction of sp³-hybridized carbons (Fsp3) is 0.750. The number of nitrogens with zero attached hydrogens (tertiary/aromatic N) is 1. The van der Waals surface area contributed by atoms with Crippen molar-refractivity contribution in [1.82, 2.24) is 10.2 Å². The normalized spacial score (nSPS) is 29.3. The molecule has 106 valence electrons. The third-order valence-electron chi connectivity index (χ3n) is 4.94. The molecule has 19 heavy (non-hydrogen) atoms. The van der Waals surface area contributed by atoms with Crippen LogP contribution in [0.4, 0.5) is 0 Å². The molecule has 3 rings (SSSR count). The second-order valence-corrected chi connectivity index (χ2v) is 7.23. The molecule has 0 radical (unpaired) electrons. The van der Waals surface area contributed by atoms with Crippen LogP contribution in [0.15, 0.2) is 17.5 Å². The Kier molecular flexibility index (Phi) is 4.57. The molecule has 1 aliphatic heterocycles. The van der Waals surface area contributed by atoms with Crippen LogP contribution in [-0.4, -0.2) is 30.1 Å². The maximum Gasteiger partial charge on any atom is 0.0300 e. The van der Waals surface area contributed by atoms with Gasteiger partial charge in [-0.25, -0.2) is 0 Å². The predicted octanol–water partition coefficient (Wildman–Crippen LogP) is 3.49. The zero-order valence-electron chi connectivity index (χ0n) is 12.0. The highest BCUT2D eigenvalue weighted by atomic mass is 32.1. The quantitative estimate of drug-likeness (QED) is 0.887. The number of thiophene rings is 1. The first-order valence-electron chi connectivity index (χ1n) is 7.83. The lowest BCUT2D eigenvalue weighted by Gasteiger charge is -2.35. The minimum atomic E-state index is 0.688. The summed E-state index contributed by atoms with van der Waals surface area (Å²) in [5, 5.41) is 5.79. The van der Waals surface area contributed by atoms with E-state index in [0.717, 1.165) is 25.0 Å². The van der Waals surface area contributed by atoms with E-state index < -0.39 is 0 Å². The van der Waals surface area contributed by atoms with Gasteiger partial charge in [0, 0.05) is 30.1 Å². The summed E-state index contributed by atoms with van der Waals surface area (Å²) in [6.07, 6.45) is 7.30. The van der Waals surface area contributed by atoms with Gasteiger partial charge in [0.1, 0.15) is 0 Å². The van der Waals surface area contributed by atoms with Crippen molar-refractivity contribution < 1.29 is 0 Å². The Morgan fingerprint density at radius 2 is 2.26 bits per heavy atom. The molecule has 2 heterocycles. The summed E-state index contributed by atoms with van der Waals surface area (Å²) in [5.41, 5.74) is 0. The van der Waals surface area contributed by atoms with Gasteiger partial charge in [-0.3, -0.25) is 4.90 Å². The number of nitrogens with one attached hydrogen (secondary N) is 1. The molecule has 2 fully saturated rings. The van der Waals surface area contributed by atoms with E-state index in [2.05, 4.69) is 34.7 Å². The van der Waals surface area contributed by atoms with E-state index in [1.807, 2.05) is 11.3 Å². The van der Waals surface area contributed by atoms with Crippen LogP contribution in [-0.2, 0) is 6.54 Å². The van der Waals surface area contributed by atoms with Gasteiger partial charge >= 0.3 is 0 Å². The molecule has 0 aromatic carbocycles. The van der Waals surface area contributed by atoms with Crippen molar-refractivity contribution >= 4 is 11.3 Å². The molecule has 0 spiro atoms. The number of likely N-dealkylation sites (tertiary alicyclic amines) is 1. The Morgan fingerprint density at radius 1 is 1.37 bits per heavy atom. The number of fused-ring (bicyclic) bond motifs is 1. The highest BCUT2D eigenvalue weighted by molar-refractivity contribution is 7.09. The van der Waals surface area contributed by atoms with Gasteiger partial charge < -0.3 is 5.32 Å². The third-order valence-corrected chi connectivity index (χ3v) is 5.81. The minimum Gasteiger partial charge on any atom is -0.310 e.